The van der Waals surface area contributed by atoms with Gasteiger partial charge < -0.3 is 24.8 Å². The molecule has 0 unspecified atom stereocenters. The largest absolute Gasteiger partial charge is 0.508 e. The fraction of sp³-hybridized carbons (Fsp3) is 0.609. The van der Waals surface area contributed by atoms with Crippen molar-refractivity contribution in [2.24, 2.45) is 5.92 Å². The van der Waals surface area contributed by atoms with Gasteiger partial charge in [-0.15, -0.1) is 0 Å². The third-order valence-corrected chi connectivity index (χ3v) is 4.60. The van der Waals surface area contributed by atoms with Crippen LogP contribution >= 0.6 is 0 Å². The SMILES string of the molecule is CC(C)CN1Cc2ccc(O)cc2C(OCCCC(F)(F)F)=C1COC(=O)NC(C)(C)C. The minimum Gasteiger partial charge on any atom is -0.508 e. The number of nitrogens with one attached hydrogen (secondary N) is 1. The van der Waals surface area contributed by atoms with E-state index in [1.807, 2.05) is 39.5 Å². The first-order valence-electron chi connectivity index (χ1n) is 10.7. The summed E-state index contributed by atoms with van der Waals surface area (Å²) in [6, 6.07) is 4.85. The van der Waals surface area contributed by atoms with Gasteiger partial charge in [-0.3, -0.25) is 0 Å². The second kappa shape index (κ2) is 10.4. The van der Waals surface area contributed by atoms with Crippen molar-refractivity contribution >= 4 is 11.9 Å². The molecule has 1 amide bonds. The summed E-state index contributed by atoms with van der Waals surface area (Å²) >= 11 is 0. The van der Waals surface area contributed by atoms with Crippen LogP contribution in [-0.2, 0) is 16.0 Å². The lowest BCUT2D eigenvalue weighted by atomic mass is 9.98. The average molecular weight is 459 g/mol. The van der Waals surface area contributed by atoms with E-state index in [9.17, 15) is 23.1 Å². The molecule has 0 aromatic heterocycles. The van der Waals surface area contributed by atoms with E-state index in [4.69, 9.17) is 9.47 Å². The first kappa shape index (κ1) is 25.7. The molecule has 9 heteroatoms. The number of nitrogens with zero attached hydrogens (tertiary/aromatic N) is 1. The Kier molecular flexibility index (Phi) is 8.31. The van der Waals surface area contributed by atoms with Gasteiger partial charge in [-0.2, -0.15) is 13.2 Å². The van der Waals surface area contributed by atoms with Gasteiger partial charge >= 0.3 is 12.3 Å². The summed E-state index contributed by atoms with van der Waals surface area (Å²) in [7, 11) is 0. The number of amides is 1. The van der Waals surface area contributed by atoms with E-state index in [0.717, 1.165) is 5.56 Å². The minimum atomic E-state index is -4.26. The van der Waals surface area contributed by atoms with E-state index >= 15 is 0 Å². The van der Waals surface area contributed by atoms with Crippen molar-refractivity contribution in [1.29, 1.82) is 0 Å². The maximum Gasteiger partial charge on any atom is 0.407 e. The van der Waals surface area contributed by atoms with Crippen LogP contribution in [0.15, 0.2) is 23.9 Å². The molecular formula is C23H33F3N2O4. The molecule has 1 aliphatic rings. The van der Waals surface area contributed by atoms with Gasteiger partial charge in [0.2, 0.25) is 0 Å². The van der Waals surface area contributed by atoms with Crippen molar-refractivity contribution in [2.45, 2.75) is 65.7 Å². The molecule has 180 valence electrons. The highest BCUT2D eigenvalue weighted by atomic mass is 19.4. The van der Waals surface area contributed by atoms with Crippen LogP contribution in [0, 0.1) is 5.92 Å². The van der Waals surface area contributed by atoms with Crippen molar-refractivity contribution in [3.05, 3.63) is 35.0 Å². The van der Waals surface area contributed by atoms with Crippen molar-refractivity contribution in [1.82, 2.24) is 10.2 Å². The number of phenols is 1. The standard InChI is InChI=1S/C23H33F3N2O4/c1-15(2)12-28-13-16-7-8-17(29)11-18(16)20(31-10-6-9-23(24,25)26)19(28)14-32-21(30)27-22(3,4)5/h7-8,11,15,29H,6,9-10,12-14H2,1-5H3,(H,27,30). The molecule has 0 radical (unpaired) electrons. The number of carbonyl (C=O) groups excluding carboxylic acids is 1. The summed E-state index contributed by atoms with van der Waals surface area (Å²) in [6.07, 6.45) is -6.03. The van der Waals surface area contributed by atoms with Crippen molar-refractivity contribution in [2.75, 3.05) is 19.8 Å². The van der Waals surface area contributed by atoms with Gasteiger partial charge in [0.25, 0.3) is 0 Å². The van der Waals surface area contributed by atoms with Crippen molar-refractivity contribution in [3.8, 4) is 5.75 Å². The number of halogens is 3. The zero-order valence-corrected chi connectivity index (χ0v) is 19.3. The van der Waals surface area contributed by atoms with Crippen LogP contribution < -0.4 is 5.32 Å². The van der Waals surface area contributed by atoms with Crippen LogP contribution in [0.1, 0.15) is 58.6 Å². The van der Waals surface area contributed by atoms with Crippen LogP contribution in [-0.4, -0.2) is 47.6 Å². The Morgan fingerprint density at radius 1 is 1.25 bits per heavy atom. The summed E-state index contributed by atoms with van der Waals surface area (Å²) in [4.78, 5) is 14.2. The van der Waals surface area contributed by atoms with E-state index in [0.29, 0.717) is 30.1 Å². The van der Waals surface area contributed by atoms with Gasteiger partial charge in [-0.25, -0.2) is 4.79 Å². The van der Waals surface area contributed by atoms with Gasteiger partial charge in [-0.05, 0) is 50.8 Å². The number of rotatable bonds is 8. The molecule has 1 heterocycles. The lowest BCUT2D eigenvalue weighted by Crippen LogP contribution is -2.42. The molecule has 32 heavy (non-hydrogen) atoms. The molecule has 0 saturated heterocycles. The summed E-state index contributed by atoms with van der Waals surface area (Å²) in [5.41, 5.74) is 1.54. The van der Waals surface area contributed by atoms with Gasteiger partial charge in [0.15, 0.2) is 0 Å². The maximum absolute atomic E-state index is 12.6. The molecule has 0 fully saturated rings. The Balaban J connectivity index is 2.35. The van der Waals surface area contributed by atoms with Crippen LogP contribution in [0.5, 0.6) is 5.75 Å². The Bertz CT molecular complexity index is 830. The quantitative estimate of drug-likeness (QED) is 0.510. The summed E-state index contributed by atoms with van der Waals surface area (Å²) < 4.78 is 49.0. The number of fused-ring (bicyclic) bond motifs is 1. The van der Waals surface area contributed by atoms with Crippen molar-refractivity contribution in [3.63, 3.8) is 0 Å². The maximum atomic E-state index is 12.6. The normalized spacial score (nSPS) is 14.5. The van der Waals surface area contributed by atoms with Crippen LogP contribution in [0.4, 0.5) is 18.0 Å². The molecule has 0 saturated carbocycles. The van der Waals surface area contributed by atoms with Gasteiger partial charge in [0.05, 0.1) is 12.3 Å². The summed E-state index contributed by atoms with van der Waals surface area (Å²) in [6.45, 7) is 10.4. The Morgan fingerprint density at radius 3 is 2.53 bits per heavy atom. The first-order valence-corrected chi connectivity index (χ1v) is 10.7. The minimum absolute atomic E-state index is 0.0168. The highest BCUT2D eigenvalue weighted by Crippen LogP contribution is 2.35. The topological polar surface area (TPSA) is 71.0 Å². The number of ether oxygens (including phenoxy) is 2. The third-order valence-electron chi connectivity index (χ3n) is 4.60. The lowest BCUT2D eigenvalue weighted by Gasteiger charge is -2.36. The predicted molar refractivity (Wildman–Crippen MR) is 116 cm³/mol. The number of phenolic OH excluding ortho intramolecular Hbond substituents is 1. The van der Waals surface area contributed by atoms with Gasteiger partial charge in [0.1, 0.15) is 18.1 Å². The third kappa shape index (κ3) is 8.16. The molecular weight excluding hydrogens is 425 g/mol. The van der Waals surface area contributed by atoms with E-state index in [1.54, 1.807) is 12.1 Å². The summed E-state index contributed by atoms with van der Waals surface area (Å²) in [5, 5.41) is 12.7. The molecule has 0 aliphatic carbocycles. The zero-order chi connectivity index (χ0) is 24.1. The molecule has 1 aromatic rings. The molecule has 1 aliphatic heterocycles. The predicted octanol–water partition coefficient (Wildman–Crippen LogP) is 5.42. The summed E-state index contributed by atoms with van der Waals surface area (Å²) in [5.74, 6) is 0.621. The average Bonchev–Trinajstić information content (AvgIpc) is 2.61. The second-order valence-corrected chi connectivity index (χ2v) is 9.41. The first-order chi connectivity index (χ1) is 14.7. The Morgan fingerprint density at radius 2 is 1.94 bits per heavy atom. The van der Waals surface area contributed by atoms with Crippen LogP contribution in [0.3, 0.4) is 0 Å². The fourth-order valence-corrected chi connectivity index (χ4v) is 3.37. The van der Waals surface area contributed by atoms with Gasteiger partial charge in [0, 0.05) is 30.6 Å². The number of carbonyl (C=O) groups is 1. The van der Waals surface area contributed by atoms with E-state index in [-0.39, 0.29) is 31.3 Å². The highest BCUT2D eigenvalue weighted by Gasteiger charge is 2.30. The van der Waals surface area contributed by atoms with E-state index < -0.39 is 24.2 Å². The molecule has 6 nitrogen and oxygen atoms in total. The molecule has 0 bridgehead atoms. The fourth-order valence-electron chi connectivity index (χ4n) is 3.37. The zero-order valence-electron chi connectivity index (χ0n) is 19.3. The number of benzene rings is 1. The van der Waals surface area contributed by atoms with E-state index in [1.165, 1.54) is 6.07 Å². The molecule has 1 aromatic carbocycles. The Labute approximate surface area is 187 Å². The number of alkyl halides is 3. The van der Waals surface area contributed by atoms with Crippen molar-refractivity contribution < 1.29 is 32.5 Å². The number of alkyl carbamates (subject to hydrolysis) is 1. The smallest absolute Gasteiger partial charge is 0.407 e. The molecule has 2 rings (SSSR count). The molecule has 2 N–H and O–H groups in total. The van der Waals surface area contributed by atoms with Crippen LogP contribution in [0.25, 0.3) is 5.76 Å². The lowest BCUT2D eigenvalue weighted by molar-refractivity contribution is -0.136. The number of hydrogen-bond donors (Lipinski definition) is 2. The molecule has 0 atom stereocenters. The van der Waals surface area contributed by atoms with Crippen LogP contribution in [0.2, 0.25) is 0 Å². The number of aromatic hydroxyl groups is 1. The second-order valence-electron chi connectivity index (χ2n) is 9.41. The Hall–Kier alpha value is -2.58. The molecule has 0 spiro atoms. The highest BCUT2D eigenvalue weighted by molar-refractivity contribution is 5.71. The van der Waals surface area contributed by atoms with Gasteiger partial charge in [-0.1, -0.05) is 19.9 Å². The number of hydrogen-bond acceptors (Lipinski definition) is 5. The van der Waals surface area contributed by atoms with E-state index in [2.05, 4.69) is 5.32 Å². The monoisotopic (exact) mass is 458 g/mol.